The summed E-state index contributed by atoms with van der Waals surface area (Å²) in [7, 11) is 3.12. The molecule has 0 saturated heterocycles. The molecule has 1 saturated carbocycles. The van der Waals surface area contributed by atoms with Gasteiger partial charge in [-0.25, -0.2) is 14.1 Å². The third kappa shape index (κ3) is 5.15. The molecule has 1 aromatic heterocycles. The second-order valence-electron chi connectivity index (χ2n) is 8.06. The van der Waals surface area contributed by atoms with Crippen LogP contribution in [0.2, 0.25) is 0 Å². The summed E-state index contributed by atoms with van der Waals surface area (Å²) in [6, 6.07) is 12.2. The Hall–Kier alpha value is -2.79. The van der Waals surface area contributed by atoms with Crippen molar-refractivity contribution in [3.05, 3.63) is 59.0 Å². The number of aromatic nitrogens is 1. The lowest BCUT2D eigenvalue weighted by atomic mass is 9.82. The number of carboxylic acids is 1. The summed E-state index contributed by atoms with van der Waals surface area (Å²) in [4.78, 5) is 15.8. The monoisotopic (exact) mass is 501 g/mol. The highest BCUT2D eigenvalue weighted by Crippen LogP contribution is 2.39. The first-order valence-electron chi connectivity index (χ1n) is 10.8. The molecule has 0 aliphatic heterocycles. The van der Waals surface area contributed by atoms with Crippen molar-refractivity contribution >= 4 is 40.1 Å². The highest BCUT2D eigenvalue weighted by molar-refractivity contribution is 7.81. The van der Waals surface area contributed by atoms with Crippen LogP contribution in [0.25, 0.3) is 10.6 Å². The lowest BCUT2D eigenvalue weighted by molar-refractivity contribution is 0.0635. The summed E-state index contributed by atoms with van der Waals surface area (Å²) < 4.78 is 36.0. The molecule has 1 aliphatic rings. The smallest absolute Gasteiger partial charge is 0.335 e. The van der Waals surface area contributed by atoms with E-state index in [1.165, 1.54) is 42.2 Å². The van der Waals surface area contributed by atoms with Crippen LogP contribution >= 0.6 is 11.3 Å². The van der Waals surface area contributed by atoms with Gasteiger partial charge in [-0.15, -0.1) is 11.3 Å². The number of nitrogens with zero attached hydrogens (tertiary/aromatic N) is 2. The average Bonchev–Trinajstić information content (AvgIpc) is 3.33. The largest absolute Gasteiger partial charge is 0.755 e. The van der Waals surface area contributed by atoms with Crippen molar-refractivity contribution in [2.45, 2.75) is 37.7 Å². The molecule has 10 heteroatoms. The first-order chi connectivity index (χ1) is 16.4. The highest BCUT2D eigenvalue weighted by atomic mass is 32.2. The molecule has 8 nitrogen and oxygen atoms in total. The van der Waals surface area contributed by atoms with Gasteiger partial charge in [0.15, 0.2) is 5.82 Å². The van der Waals surface area contributed by atoms with Gasteiger partial charge in [-0.1, -0.05) is 30.7 Å². The second-order valence-corrected chi connectivity index (χ2v) is 9.71. The minimum absolute atomic E-state index is 0.00827. The van der Waals surface area contributed by atoms with Crippen molar-refractivity contribution in [2.24, 2.45) is 0 Å². The zero-order valence-corrected chi connectivity index (χ0v) is 20.4. The van der Waals surface area contributed by atoms with E-state index in [1.807, 2.05) is 12.1 Å². The van der Waals surface area contributed by atoms with E-state index in [9.17, 15) is 18.7 Å². The Labute approximate surface area is 204 Å². The highest BCUT2D eigenvalue weighted by Gasteiger charge is 2.24. The summed E-state index contributed by atoms with van der Waals surface area (Å²) in [6.07, 6.45) is 4.73. The number of anilines is 2. The predicted molar refractivity (Wildman–Crippen MR) is 131 cm³/mol. The molecule has 3 atom stereocenters. The molecule has 4 rings (SSSR count). The van der Waals surface area contributed by atoms with Crippen LogP contribution in [-0.2, 0) is 16.0 Å². The van der Waals surface area contributed by atoms with Gasteiger partial charge in [0.25, 0.3) is 0 Å². The van der Waals surface area contributed by atoms with Gasteiger partial charge in [0.05, 0.1) is 35.7 Å². The van der Waals surface area contributed by atoms with E-state index in [0.29, 0.717) is 17.0 Å². The molecular formula is C24H25N2O6S2-. The third-order valence-corrected chi connectivity index (χ3v) is 7.64. The number of ether oxygens (including phenoxy) is 2. The number of carbonyl (C=O) groups is 1. The van der Waals surface area contributed by atoms with Crippen LogP contribution < -0.4 is 9.04 Å². The van der Waals surface area contributed by atoms with E-state index < -0.39 is 17.2 Å². The zero-order valence-electron chi connectivity index (χ0n) is 18.8. The molecule has 0 radical (unpaired) electrons. The number of thiazole rings is 1. The Kier molecular flexibility index (Phi) is 7.62. The number of hydrogen-bond donors (Lipinski definition) is 1. The van der Waals surface area contributed by atoms with Crippen LogP contribution in [0.5, 0.6) is 5.75 Å². The van der Waals surface area contributed by atoms with E-state index in [0.717, 1.165) is 35.6 Å². The molecule has 1 N–H and O–H groups in total. The van der Waals surface area contributed by atoms with E-state index >= 15 is 0 Å². The van der Waals surface area contributed by atoms with Crippen molar-refractivity contribution in [3.8, 4) is 16.3 Å². The van der Waals surface area contributed by atoms with E-state index in [1.54, 1.807) is 12.5 Å². The van der Waals surface area contributed by atoms with Crippen LogP contribution in [0.3, 0.4) is 0 Å². The Morgan fingerprint density at radius 1 is 1.21 bits per heavy atom. The summed E-state index contributed by atoms with van der Waals surface area (Å²) >= 11 is -1.37. The average molecular weight is 502 g/mol. The molecule has 1 fully saturated rings. The number of benzene rings is 2. The molecule has 34 heavy (non-hydrogen) atoms. The zero-order chi connectivity index (χ0) is 24.2. The SMILES string of the molecule is COc1cc(C(=O)O)ccc1N(c1csc(-c2ccc(C3CCCC(OC)C3)cc2)n1)S(=O)[O-]. The number of rotatable bonds is 8. The van der Waals surface area contributed by atoms with Gasteiger partial charge in [0.1, 0.15) is 10.8 Å². The maximum absolute atomic E-state index is 12.1. The Balaban J connectivity index is 1.59. The van der Waals surface area contributed by atoms with Gasteiger partial charge in [0, 0.05) is 18.1 Å². The van der Waals surface area contributed by atoms with Gasteiger partial charge in [-0.2, -0.15) is 0 Å². The topological polar surface area (TPSA) is 112 Å². The normalized spacial score (nSPS) is 18.9. The van der Waals surface area contributed by atoms with Crippen LogP contribution in [0.4, 0.5) is 11.5 Å². The number of hydrogen-bond acceptors (Lipinski definition) is 7. The second kappa shape index (κ2) is 10.6. The fourth-order valence-electron chi connectivity index (χ4n) is 4.31. The predicted octanol–water partition coefficient (Wildman–Crippen LogP) is 5.12. The molecule has 1 heterocycles. The molecule has 0 amide bonds. The molecule has 0 spiro atoms. The number of carboxylic acid groups (broad SMARTS) is 1. The summed E-state index contributed by atoms with van der Waals surface area (Å²) in [5.41, 5.74) is 2.33. The van der Waals surface area contributed by atoms with Crippen LogP contribution in [-0.4, -0.2) is 45.1 Å². The molecular weight excluding hydrogens is 476 g/mol. The van der Waals surface area contributed by atoms with Gasteiger partial charge in [0.2, 0.25) is 0 Å². The molecule has 3 aromatic rings. The van der Waals surface area contributed by atoms with Crippen molar-refractivity contribution < 1.29 is 28.1 Å². The standard InChI is InChI=1S/C24H26N2O6S2/c1-31-19-5-3-4-17(12-19)15-6-8-16(9-7-15)23-25-22(14-33-23)26(34(29)30)20-11-10-18(24(27)28)13-21(20)32-2/h6-11,13-14,17,19H,3-5,12H2,1-2H3,(H,27,28)(H,29,30)/p-1. The minimum atomic E-state index is -2.70. The van der Waals surface area contributed by atoms with Crippen molar-refractivity contribution in [3.63, 3.8) is 0 Å². The van der Waals surface area contributed by atoms with Gasteiger partial charge < -0.3 is 19.1 Å². The van der Waals surface area contributed by atoms with Crippen LogP contribution in [0.1, 0.15) is 47.5 Å². The van der Waals surface area contributed by atoms with Crippen LogP contribution in [0, 0.1) is 0 Å². The minimum Gasteiger partial charge on any atom is -0.755 e. The number of aromatic carboxylic acids is 1. The lowest BCUT2D eigenvalue weighted by Gasteiger charge is -2.28. The van der Waals surface area contributed by atoms with E-state index in [-0.39, 0.29) is 22.8 Å². The first kappa shape index (κ1) is 24.3. The third-order valence-electron chi connectivity index (χ3n) is 6.08. The Morgan fingerprint density at radius 2 is 1.97 bits per heavy atom. The maximum Gasteiger partial charge on any atom is 0.335 e. The first-order valence-corrected chi connectivity index (χ1v) is 12.7. The van der Waals surface area contributed by atoms with Gasteiger partial charge >= 0.3 is 5.97 Å². The van der Waals surface area contributed by atoms with Gasteiger partial charge in [-0.3, -0.25) is 4.21 Å². The fourth-order valence-corrected chi connectivity index (χ4v) is 5.73. The van der Waals surface area contributed by atoms with E-state index in [2.05, 4.69) is 17.1 Å². The van der Waals surface area contributed by atoms with E-state index in [4.69, 9.17) is 9.47 Å². The van der Waals surface area contributed by atoms with Crippen molar-refractivity contribution in [2.75, 3.05) is 18.5 Å². The van der Waals surface area contributed by atoms with Gasteiger partial charge in [-0.05, 0) is 48.9 Å². The molecule has 180 valence electrons. The molecule has 3 unspecified atom stereocenters. The van der Waals surface area contributed by atoms with Crippen molar-refractivity contribution in [1.29, 1.82) is 0 Å². The number of methoxy groups -OCH3 is 2. The summed E-state index contributed by atoms with van der Waals surface area (Å²) in [5, 5.41) is 11.5. The summed E-state index contributed by atoms with van der Waals surface area (Å²) in [6.45, 7) is 0. The fraction of sp³-hybridized carbons (Fsp3) is 0.333. The lowest BCUT2D eigenvalue weighted by Crippen LogP contribution is -2.20. The maximum atomic E-state index is 12.1. The Bertz CT molecular complexity index is 1180. The van der Waals surface area contributed by atoms with Crippen molar-refractivity contribution in [1.82, 2.24) is 4.98 Å². The van der Waals surface area contributed by atoms with Crippen LogP contribution in [0.15, 0.2) is 47.8 Å². The quantitative estimate of drug-likeness (QED) is 0.426. The molecule has 1 aliphatic carbocycles. The Morgan fingerprint density at radius 3 is 2.62 bits per heavy atom. The summed E-state index contributed by atoms with van der Waals surface area (Å²) in [5.74, 6) is -0.344. The molecule has 2 aromatic carbocycles. The molecule has 0 bridgehead atoms.